The molecule has 0 bridgehead atoms. The van der Waals surface area contributed by atoms with E-state index in [1.807, 2.05) is 6.07 Å². The Morgan fingerprint density at radius 3 is 2.80 bits per heavy atom. The van der Waals surface area contributed by atoms with E-state index in [9.17, 15) is 4.79 Å². The van der Waals surface area contributed by atoms with Crippen molar-refractivity contribution in [2.24, 2.45) is 0 Å². The van der Waals surface area contributed by atoms with Crippen LogP contribution in [0.25, 0.3) is 11.2 Å². The number of rotatable bonds is 1. The zero-order valence-corrected chi connectivity index (χ0v) is 9.03. The predicted molar refractivity (Wildman–Crippen MR) is 59.0 cm³/mol. The molecule has 2 heterocycles. The van der Waals surface area contributed by atoms with Crippen molar-refractivity contribution >= 4 is 11.2 Å². The molecule has 78 valence electrons. The van der Waals surface area contributed by atoms with Gasteiger partial charge in [0.15, 0.2) is 5.65 Å². The SMILES string of the molecule is Cc1nc2cc(C(C)C)cnc2[nH]c1=O. The average Bonchev–Trinajstić information content (AvgIpc) is 2.19. The minimum absolute atomic E-state index is 0.174. The highest BCUT2D eigenvalue weighted by molar-refractivity contribution is 5.70. The van der Waals surface area contributed by atoms with Crippen molar-refractivity contribution in [2.75, 3.05) is 0 Å². The molecule has 0 atom stereocenters. The fraction of sp³-hybridized carbons (Fsp3) is 0.364. The standard InChI is InChI=1S/C11H13N3O/c1-6(2)8-4-9-10(12-5-8)14-11(15)7(3)13-9/h4-6H,1-3H3,(H,12,14,15). The van der Waals surface area contributed by atoms with Gasteiger partial charge in [0, 0.05) is 6.20 Å². The van der Waals surface area contributed by atoms with E-state index in [1.165, 1.54) is 0 Å². The second kappa shape index (κ2) is 3.46. The number of nitrogens with one attached hydrogen (secondary N) is 1. The van der Waals surface area contributed by atoms with Gasteiger partial charge in [-0.2, -0.15) is 0 Å². The van der Waals surface area contributed by atoms with Gasteiger partial charge in [-0.05, 0) is 24.5 Å². The molecule has 0 aromatic carbocycles. The molecule has 1 N–H and O–H groups in total. The molecule has 0 fully saturated rings. The van der Waals surface area contributed by atoms with Crippen molar-refractivity contribution in [1.29, 1.82) is 0 Å². The Hall–Kier alpha value is -1.71. The first-order valence-corrected chi connectivity index (χ1v) is 4.94. The smallest absolute Gasteiger partial charge is 0.270 e. The lowest BCUT2D eigenvalue weighted by Gasteiger charge is -2.05. The molecule has 0 radical (unpaired) electrons. The maximum absolute atomic E-state index is 11.3. The third-order valence-corrected chi connectivity index (χ3v) is 2.40. The number of aromatic nitrogens is 3. The molecule has 0 aliphatic rings. The van der Waals surface area contributed by atoms with Crippen LogP contribution in [0.2, 0.25) is 0 Å². The summed E-state index contributed by atoms with van der Waals surface area (Å²) < 4.78 is 0. The van der Waals surface area contributed by atoms with Gasteiger partial charge >= 0.3 is 0 Å². The number of pyridine rings is 1. The highest BCUT2D eigenvalue weighted by atomic mass is 16.1. The molecule has 4 heteroatoms. The molecule has 0 saturated carbocycles. The number of hydrogen-bond acceptors (Lipinski definition) is 3. The van der Waals surface area contributed by atoms with E-state index in [4.69, 9.17) is 0 Å². The van der Waals surface area contributed by atoms with Crippen LogP contribution in [-0.4, -0.2) is 15.0 Å². The molecule has 0 spiro atoms. The van der Waals surface area contributed by atoms with E-state index in [1.54, 1.807) is 13.1 Å². The first kappa shape index (κ1) is 9.83. The third kappa shape index (κ3) is 1.75. The summed E-state index contributed by atoms with van der Waals surface area (Å²) in [6.07, 6.45) is 1.78. The lowest BCUT2D eigenvalue weighted by molar-refractivity contribution is 0.859. The first-order valence-electron chi connectivity index (χ1n) is 4.94. The molecule has 0 aliphatic heterocycles. The lowest BCUT2D eigenvalue weighted by Crippen LogP contribution is -2.12. The normalized spacial score (nSPS) is 11.2. The summed E-state index contributed by atoms with van der Waals surface area (Å²) in [4.78, 5) is 22.4. The summed E-state index contributed by atoms with van der Waals surface area (Å²) in [5, 5.41) is 0. The predicted octanol–water partition coefficient (Wildman–Crippen LogP) is 1.75. The minimum Gasteiger partial charge on any atom is -0.304 e. The van der Waals surface area contributed by atoms with Crippen molar-refractivity contribution in [3.05, 3.63) is 33.9 Å². The number of aromatic amines is 1. The zero-order valence-electron chi connectivity index (χ0n) is 9.03. The molecule has 0 amide bonds. The summed E-state index contributed by atoms with van der Waals surface area (Å²) in [7, 11) is 0. The summed E-state index contributed by atoms with van der Waals surface area (Å²) in [5.41, 5.74) is 2.73. The lowest BCUT2D eigenvalue weighted by atomic mass is 10.1. The van der Waals surface area contributed by atoms with Crippen molar-refractivity contribution < 1.29 is 0 Å². The minimum atomic E-state index is -0.174. The van der Waals surface area contributed by atoms with Crippen LogP contribution >= 0.6 is 0 Å². The van der Waals surface area contributed by atoms with Crippen LogP contribution in [0.1, 0.15) is 31.0 Å². The second-order valence-electron chi connectivity index (χ2n) is 3.94. The van der Waals surface area contributed by atoms with E-state index >= 15 is 0 Å². The molecule has 2 aromatic heterocycles. The summed E-state index contributed by atoms with van der Waals surface area (Å²) >= 11 is 0. The molecule has 0 unspecified atom stereocenters. The fourth-order valence-corrected chi connectivity index (χ4v) is 1.40. The van der Waals surface area contributed by atoms with Gasteiger partial charge in [0.25, 0.3) is 5.56 Å². The Labute approximate surface area is 87.4 Å². The van der Waals surface area contributed by atoms with Gasteiger partial charge in [-0.25, -0.2) is 9.97 Å². The van der Waals surface area contributed by atoms with Gasteiger partial charge in [-0.3, -0.25) is 4.79 Å². The highest BCUT2D eigenvalue weighted by Crippen LogP contribution is 2.15. The molecule has 0 aliphatic carbocycles. The van der Waals surface area contributed by atoms with Crippen molar-refractivity contribution in [1.82, 2.24) is 15.0 Å². The van der Waals surface area contributed by atoms with Gasteiger partial charge in [-0.15, -0.1) is 0 Å². The van der Waals surface area contributed by atoms with Gasteiger partial charge < -0.3 is 4.98 Å². The Morgan fingerprint density at radius 1 is 1.40 bits per heavy atom. The first-order chi connectivity index (χ1) is 7.08. The van der Waals surface area contributed by atoms with E-state index in [0.29, 0.717) is 17.3 Å². The van der Waals surface area contributed by atoms with Crippen molar-refractivity contribution in [3.8, 4) is 0 Å². The zero-order chi connectivity index (χ0) is 11.0. The van der Waals surface area contributed by atoms with Crippen LogP contribution in [0.4, 0.5) is 0 Å². The molecule has 2 rings (SSSR count). The van der Waals surface area contributed by atoms with Crippen LogP contribution in [-0.2, 0) is 0 Å². The van der Waals surface area contributed by atoms with Crippen LogP contribution in [0.5, 0.6) is 0 Å². The Kier molecular flexibility index (Phi) is 2.26. The maximum atomic E-state index is 11.3. The summed E-state index contributed by atoms with van der Waals surface area (Å²) in [5.74, 6) is 0.413. The molecule has 15 heavy (non-hydrogen) atoms. The Balaban J connectivity index is 2.72. The van der Waals surface area contributed by atoms with Gasteiger partial charge in [-0.1, -0.05) is 13.8 Å². The summed E-state index contributed by atoms with van der Waals surface area (Å²) in [6.45, 7) is 5.89. The van der Waals surface area contributed by atoms with Crippen LogP contribution < -0.4 is 5.56 Å². The number of fused-ring (bicyclic) bond motifs is 1. The molecular formula is C11H13N3O. The van der Waals surface area contributed by atoms with Crippen LogP contribution in [0, 0.1) is 6.92 Å². The largest absolute Gasteiger partial charge is 0.304 e. The number of H-pyrrole nitrogens is 1. The quantitative estimate of drug-likeness (QED) is 0.768. The highest BCUT2D eigenvalue weighted by Gasteiger charge is 2.04. The number of nitrogens with zero attached hydrogens (tertiary/aromatic N) is 2. The second-order valence-corrected chi connectivity index (χ2v) is 3.94. The molecule has 4 nitrogen and oxygen atoms in total. The third-order valence-electron chi connectivity index (χ3n) is 2.40. The number of hydrogen-bond donors (Lipinski definition) is 1. The fourth-order valence-electron chi connectivity index (χ4n) is 1.40. The van der Waals surface area contributed by atoms with Gasteiger partial charge in [0.05, 0.1) is 0 Å². The number of aryl methyl sites for hydroxylation is 1. The Bertz CT molecular complexity index is 557. The molecule has 0 saturated heterocycles. The molecular weight excluding hydrogens is 190 g/mol. The topological polar surface area (TPSA) is 58.6 Å². The van der Waals surface area contributed by atoms with Crippen molar-refractivity contribution in [2.45, 2.75) is 26.7 Å². The summed E-state index contributed by atoms with van der Waals surface area (Å²) in [6, 6.07) is 1.97. The Morgan fingerprint density at radius 2 is 2.13 bits per heavy atom. The van der Waals surface area contributed by atoms with Crippen molar-refractivity contribution in [3.63, 3.8) is 0 Å². The van der Waals surface area contributed by atoms with E-state index < -0.39 is 0 Å². The van der Waals surface area contributed by atoms with Crippen LogP contribution in [0.3, 0.4) is 0 Å². The monoisotopic (exact) mass is 203 g/mol. The van der Waals surface area contributed by atoms with E-state index in [2.05, 4.69) is 28.8 Å². The average molecular weight is 203 g/mol. The van der Waals surface area contributed by atoms with Gasteiger partial charge in [0.1, 0.15) is 11.2 Å². The van der Waals surface area contributed by atoms with Crippen LogP contribution in [0.15, 0.2) is 17.1 Å². The van der Waals surface area contributed by atoms with E-state index in [-0.39, 0.29) is 5.56 Å². The van der Waals surface area contributed by atoms with E-state index in [0.717, 1.165) is 11.1 Å². The maximum Gasteiger partial charge on any atom is 0.270 e. The van der Waals surface area contributed by atoms with Gasteiger partial charge in [0.2, 0.25) is 0 Å². The molecule has 2 aromatic rings.